The Morgan fingerprint density at radius 3 is 2.52 bits per heavy atom. The fourth-order valence-corrected chi connectivity index (χ4v) is 3.50. The molecular formula is C16H28F2N2O2Si. The monoisotopic (exact) mass is 346 g/mol. The summed E-state index contributed by atoms with van der Waals surface area (Å²) in [5.41, 5.74) is 0.839. The van der Waals surface area contributed by atoms with Crippen LogP contribution in [0.2, 0.25) is 25.7 Å². The van der Waals surface area contributed by atoms with Crippen molar-refractivity contribution in [3.05, 3.63) is 11.9 Å². The smallest absolute Gasteiger partial charge is 0.298 e. The quantitative estimate of drug-likeness (QED) is 0.539. The minimum absolute atomic E-state index is 0.0560. The molecule has 4 nitrogen and oxygen atoms in total. The second-order valence-corrected chi connectivity index (χ2v) is 13.2. The van der Waals surface area contributed by atoms with Crippen LogP contribution in [0.5, 0.6) is 6.01 Å². The van der Waals surface area contributed by atoms with Crippen LogP contribution in [0.3, 0.4) is 0 Å². The van der Waals surface area contributed by atoms with Gasteiger partial charge in [0.05, 0.1) is 12.8 Å². The SMILES string of the molecule is COc1nc(C2CCC(F)(F)CC2)cn1COCC[Si](C)(C)C. The maximum atomic E-state index is 13.3. The zero-order valence-electron chi connectivity index (χ0n) is 14.6. The second-order valence-electron chi connectivity index (χ2n) is 7.60. The van der Waals surface area contributed by atoms with Crippen molar-refractivity contribution < 1.29 is 18.3 Å². The van der Waals surface area contributed by atoms with Crippen LogP contribution in [0.1, 0.15) is 37.3 Å². The number of nitrogens with zero attached hydrogens (tertiary/aromatic N) is 2. The second kappa shape index (κ2) is 7.30. The Hall–Kier alpha value is -0.953. The van der Waals surface area contributed by atoms with E-state index >= 15 is 0 Å². The lowest BCUT2D eigenvalue weighted by molar-refractivity contribution is -0.0384. The van der Waals surface area contributed by atoms with E-state index in [1.165, 1.54) is 0 Å². The van der Waals surface area contributed by atoms with Gasteiger partial charge in [0.1, 0.15) is 6.73 Å². The zero-order valence-corrected chi connectivity index (χ0v) is 15.6. The molecule has 132 valence electrons. The average molecular weight is 346 g/mol. The van der Waals surface area contributed by atoms with Crippen molar-refractivity contribution in [1.82, 2.24) is 9.55 Å². The molecule has 1 aromatic rings. The van der Waals surface area contributed by atoms with Gasteiger partial charge in [0.25, 0.3) is 6.01 Å². The third-order valence-electron chi connectivity index (χ3n) is 4.30. The molecule has 0 N–H and O–H groups in total. The van der Waals surface area contributed by atoms with Gasteiger partial charge in [-0.25, -0.2) is 8.78 Å². The molecule has 0 spiro atoms. The number of aromatic nitrogens is 2. The number of halogens is 2. The molecule has 0 saturated heterocycles. The Morgan fingerprint density at radius 1 is 1.30 bits per heavy atom. The average Bonchev–Trinajstić information content (AvgIpc) is 2.86. The number of imidazole rings is 1. The number of rotatable bonds is 7. The van der Waals surface area contributed by atoms with Crippen molar-refractivity contribution in [3.8, 4) is 6.01 Å². The van der Waals surface area contributed by atoms with Crippen molar-refractivity contribution >= 4 is 8.07 Å². The highest BCUT2D eigenvalue weighted by molar-refractivity contribution is 6.76. The van der Waals surface area contributed by atoms with Crippen molar-refractivity contribution in [2.45, 2.75) is 69.9 Å². The Kier molecular flexibility index (Phi) is 5.83. The summed E-state index contributed by atoms with van der Waals surface area (Å²) in [4.78, 5) is 4.45. The molecule has 0 bridgehead atoms. The van der Waals surface area contributed by atoms with Crippen LogP contribution < -0.4 is 4.74 Å². The summed E-state index contributed by atoms with van der Waals surface area (Å²) in [7, 11) is 0.464. The van der Waals surface area contributed by atoms with Crippen molar-refractivity contribution in [2.75, 3.05) is 13.7 Å². The van der Waals surface area contributed by atoms with E-state index in [0.29, 0.717) is 25.6 Å². The highest BCUT2D eigenvalue weighted by Crippen LogP contribution is 2.40. The molecule has 0 amide bonds. The number of hydrogen-bond donors (Lipinski definition) is 0. The first-order valence-corrected chi connectivity index (χ1v) is 12.0. The van der Waals surface area contributed by atoms with Crippen molar-refractivity contribution in [2.24, 2.45) is 0 Å². The first kappa shape index (κ1) is 18.4. The highest BCUT2D eigenvalue weighted by atomic mass is 28.3. The third-order valence-corrected chi connectivity index (χ3v) is 6.01. The number of alkyl halides is 2. The zero-order chi connectivity index (χ0) is 17.1. The van der Waals surface area contributed by atoms with E-state index in [-0.39, 0.29) is 18.8 Å². The van der Waals surface area contributed by atoms with E-state index in [9.17, 15) is 8.78 Å². The minimum Gasteiger partial charge on any atom is -0.468 e. The summed E-state index contributed by atoms with van der Waals surface area (Å²) in [6.07, 6.45) is 2.73. The first-order chi connectivity index (χ1) is 10.7. The molecule has 0 unspecified atom stereocenters. The fraction of sp³-hybridized carbons (Fsp3) is 0.812. The van der Waals surface area contributed by atoms with Gasteiger partial charge in [0.2, 0.25) is 5.92 Å². The van der Waals surface area contributed by atoms with Crippen LogP contribution >= 0.6 is 0 Å². The van der Waals surface area contributed by atoms with Gasteiger partial charge in [-0.05, 0) is 18.9 Å². The largest absolute Gasteiger partial charge is 0.468 e. The molecule has 1 heterocycles. The van der Waals surface area contributed by atoms with E-state index in [2.05, 4.69) is 24.6 Å². The Balaban J connectivity index is 1.92. The van der Waals surface area contributed by atoms with E-state index in [1.54, 1.807) is 7.11 Å². The Labute approximate surface area is 138 Å². The van der Waals surface area contributed by atoms with Gasteiger partial charge < -0.3 is 9.47 Å². The molecule has 2 rings (SSSR count). The van der Waals surface area contributed by atoms with Crippen LogP contribution in [0.4, 0.5) is 8.78 Å². The van der Waals surface area contributed by atoms with E-state index in [0.717, 1.165) is 18.3 Å². The van der Waals surface area contributed by atoms with E-state index < -0.39 is 14.0 Å². The Morgan fingerprint density at radius 2 is 1.96 bits per heavy atom. The molecule has 23 heavy (non-hydrogen) atoms. The first-order valence-electron chi connectivity index (χ1n) is 8.27. The lowest BCUT2D eigenvalue weighted by Crippen LogP contribution is -2.23. The molecule has 0 radical (unpaired) electrons. The molecule has 7 heteroatoms. The molecule has 1 aliphatic rings. The Bertz CT molecular complexity index is 505. The van der Waals surface area contributed by atoms with Crippen molar-refractivity contribution in [1.29, 1.82) is 0 Å². The number of ether oxygens (including phenoxy) is 2. The van der Waals surface area contributed by atoms with Gasteiger partial charge >= 0.3 is 0 Å². The molecule has 1 aromatic heterocycles. The van der Waals surface area contributed by atoms with Crippen LogP contribution in [-0.4, -0.2) is 37.3 Å². The van der Waals surface area contributed by atoms with Crippen molar-refractivity contribution in [3.63, 3.8) is 0 Å². The summed E-state index contributed by atoms with van der Waals surface area (Å²) >= 11 is 0. The standard InChI is InChI=1S/C16H28F2N2O2Si/c1-21-15-19-14(13-5-7-16(17,18)8-6-13)11-20(15)12-22-9-10-23(2,3)4/h11,13H,5-10,12H2,1-4H3. The van der Waals surface area contributed by atoms with Gasteiger partial charge in [-0.3, -0.25) is 4.57 Å². The number of methoxy groups -OCH3 is 1. The maximum absolute atomic E-state index is 13.3. The molecule has 0 aromatic carbocycles. The normalized spacial score (nSPS) is 19.0. The number of hydrogen-bond acceptors (Lipinski definition) is 3. The predicted molar refractivity (Wildman–Crippen MR) is 89.0 cm³/mol. The summed E-state index contributed by atoms with van der Waals surface area (Å²) in [6.45, 7) is 8.05. The van der Waals surface area contributed by atoms with Gasteiger partial charge in [-0.15, -0.1) is 0 Å². The molecule has 0 atom stereocenters. The lowest BCUT2D eigenvalue weighted by atomic mass is 9.85. The van der Waals surface area contributed by atoms with Crippen LogP contribution in [0.15, 0.2) is 6.20 Å². The molecule has 1 saturated carbocycles. The fourth-order valence-electron chi connectivity index (χ4n) is 2.75. The minimum atomic E-state index is -2.51. The maximum Gasteiger partial charge on any atom is 0.298 e. The third kappa shape index (κ3) is 5.56. The molecule has 1 aliphatic carbocycles. The lowest BCUT2D eigenvalue weighted by Gasteiger charge is -2.26. The predicted octanol–water partition coefficient (Wildman–Crippen LogP) is 4.50. The molecular weight excluding hydrogens is 318 g/mol. The summed E-state index contributed by atoms with van der Waals surface area (Å²) in [5, 5.41) is 0. The van der Waals surface area contributed by atoms with E-state index in [4.69, 9.17) is 9.47 Å². The summed E-state index contributed by atoms with van der Waals surface area (Å²) in [6, 6.07) is 1.60. The van der Waals surface area contributed by atoms with Gasteiger partial charge in [-0.2, -0.15) is 4.98 Å². The van der Waals surface area contributed by atoms with Gasteiger partial charge in [0.15, 0.2) is 0 Å². The topological polar surface area (TPSA) is 36.3 Å². The van der Waals surface area contributed by atoms with Crippen LogP contribution in [0.25, 0.3) is 0 Å². The molecule has 0 aliphatic heterocycles. The van der Waals surface area contributed by atoms with Gasteiger partial charge in [0, 0.05) is 39.6 Å². The van der Waals surface area contributed by atoms with Crippen LogP contribution in [0, 0.1) is 0 Å². The summed E-state index contributed by atoms with van der Waals surface area (Å²) in [5.74, 6) is -2.42. The van der Waals surface area contributed by atoms with Gasteiger partial charge in [-0.1, -0.05) is 19.6 Å². The van der Waals surface area contributed by atoms with E-state index in [1.807, 2.05) is 10.8 Å². The molecule has 1 fully saturated rings. The van der Waals surface area contributed by atoms with Crippen LogP contribution in [-0.2, 0) is 11.5 Å². The highest BCUT2D eigenvalue weighted by Gasteiger charge is 2.36. The summed E-state index contributed by atoms with van der Waals surface area (Å²) < 4.78 is 39.4.